The van der Waals surface area contributed by atoms with Gasteiger partial charge in [-0.15, -0.1) is 0 Å². The van der Waals surface area contributed by atoms with Gasteiger partial charge < -0.3 is 19.5 Å². The van der Waals surface area contributed by atoms with Gasteiger partial charge in [-0.1, -0.05) is 13.8 Å². The summed E-state index contributed by atoms with van der Waals surface area (Å²) >= 11 is 0. The Balaban J connectivity index is 2.12. The SMILES string of the molecule is CCOc1ccc(C(=O)NCC(C)C)cc1COc1ccc(OC)cc1. The molecule has 0 saturated heterocycles. The second-order valence-electron chi connectivity index (χ2n) is 6.32. The lowest BCUT2D eigenvalue weighted by Gasteiger charge is -2.14. The topological polar surface area (TPSA) is 56.8 Å². The first-order chi connectivity index (χ1) is 12.5. The largest absolute Gasteiger partial charge is 0.497 e. The summed E-state index contributed by atoms with van der Waals surface area (Å²) in [4.78, 5) is 12.3. The van der Waals surface area contributed by atoms with Crippen LogP contribution in [0.15, 0.2) is 42.5 Å². The Morgan fingerprint density at radius 2 is 1.73 bits per heavy atom. The van der Waals surface area contributed by atoms with Crippen LogP contribution in [0.1, 0.15) is 36.7 Å². The molecule has 2 aromatic rings. The molecule has 2 rings (SSSR count). The summed E-state index contributed by atoms with van der Waals surface area (Å²) < 4.78 is 16.7. The maximum Gasteiger partial charge on any atom is 0.251 e. The average Bonchev–Trinajstić information content (AvgIpc) is 2.65. The lowest BCUT2D eigenvalue weighted by Crippen LogP contribution is -2.27. The molecule has 0 spiro atoms. The van der Waals surface area contributed by atoms with Gasteiger partial charge in [0.1, 0.15) is 23.9 Å². The summed E-state index contributed by atoms with van der Waals surface area (Å²) in [6.45, 7) is 7.56. The van der Waals surface area contributed by atoms with E-state index in [9.17, 15) is 4.79 Å². The number of ether oxygens (including phenoxy) is 3. The predicted molar refractivity (Wildman–Crippen MR) is 102 cm³/mol. The van der Waals surface area contributed by atoms with E-state index < -0.39 is 0 Å². The Labute approximate surface area is 155 Å². The van der Waals surface area contributed by atoms with Crippen molar-refractivity contribution in [2.45, 2.75) is 27.4 Å². The molecule has 140 valence electrons. The minimum atomic E-state index is -0.0903. The van der Waals surface area contributed by atoms with E-state index in [1.807, 2.05) is 43.3 Å². The second kappa shape index (κ2) is 9.70. The Kier molecular flexibility index (Phi) is 7.33. The molecule has 5 nitrogen and oxygen atoms in total. The standard InChI is InChI=1S/C21H27NO4/c1-5-25-20-11-6-16(21(23)22-13-15(2)3)12-17(20)14-26-19-9-7-18(24-4)8-10-19/h6-12,15H,5,13-14H2,1-4H3,(H,22,23). The zero-order valence-corrected chi connectivity index (χ0v) is 15.9. The highest BCUT2D eigenvalue weighted by Gasteiger charge is 2.12. The molecule has 1 amide bonds. The summed E-state index contributed by atoms with van der Waals surface area (Å²) in [5.41, 5.74) is 1.43. The third-order valence-electron chi connectivity index (χ3n) is 3.75. The first-order valence-electron chi connectivity index (χ1n) is 8.84. The van der Waals surface area contributed by atoms with Gasteiger partial charge in [0.05, 0.1) is 13.7 Å². The molecule has 0 aliphatic rings. The molecule has 26 heavy (non-hydrogen) atoms. The third kappa shape index (κ3) is 5.69. The zero-order chi connectivity index (χ0) is 18.9. The number of amides is 1. The molecule has 0 unspecified atom stereocenters. The van der Waals surface area contributed by atoms with E-state index in [1.165, 1.54) is 0 Å². The fourth-order valence-corrected chi connectivity index (χ4v) is 2.36. The summed E-state index contributed by atoms with van der Waals surface area (Å²) in [7, 11) is 1.63. The highest BCUT2D eigenvalue weighted by atomic mass is 16.5. The lowest BCUT2D eigenvalue weighted by atomic mass is 10.1. The number of nitrogens with one attached hydrogen (secondary N) is 1. The molecule has 0 atom stereocenters. The molecule has 0 aliphatic carbocycles. The molecule has 1 N–H and O–H groups in total. The van der Waals surface area contributed by atoms with Crippen LogP contribution in [0.5, 0.6) is 17.2 Å². The maximum absolute atomic E-state index is 12.3. The van der Waals surface area contributed by atoms with Crippen molar-refractivity contribution in [3.8, 4) is 17.2 Å². The first-order valence-corrected chi connectivity index (χ1v) is 8.84. The van der Waals surface area contributed by atoms with Crippen LogP contribution in [0, 0.1) is 5.92 Å². The van der Waals surface area contributed by atoms with Gasteiger partial charge in [-0.3, -0.25) is 4.79 Å². The van der Waals surface area contributed by atoms with E-state index in [2.05, 4.69) is 19.2 Å². The van der Waals surface area contributed by atoms with Crippen LogP contribution in [-0.2, 0) is 6.61 Å². The number of hydrogen-bond acceptors (Lipinski definition) is 4. The van der Waals surface area contributed by atoms with Crippen LogP contribution in [0.3, 0.4) is 0 Å². The van der Waals surface area contributed by atoms with Crippen LogP contribution >= 0.6 is 0 Å². The van der Waals surface area contributed by atoms with E-state index in [0.29, 0.717) is 31.2 Å². The molecular weight excluding hydrogens is 330 g/mol. The van der Waals surface area contributed by atoms with Gasteiger partial charge in [0.2, 0.25) is 0 Å². The van der Waals surface area contributed by atoms with Crippen LogP contribution in [0.4, 0.5) is 0 Å². The van der Waals surface area contributed by atoms with E-state index in [0.717, 1.165) is 22.8 Å². The summed E-state index contributed by atoms with van der Waals surface area (Å²) in [6, 6.07) is 12.8. The van der Waals surface area contributed by atoms with Crippen molar-refractivity contribution in [1.82, 2.24) is 5.32 Å². The Morgan fingerprint density at radius 1 is 1.04 bits per heavy atom. The molecule has 0 aliphatic heterocycles. The number of hydrogen-bond donors (Lipinski definition) is 1. The van der Waals surface area contributed by atoms with Gasteiger partial charge in [0.25, 0.3) is 5.91 Å². The number of rotatable bonds is 9. The van der Waals surface area contributed by atoms with Gasteiger partial charge in [0.15, 0.2) is 0 Å². The van der Waals surface area contributed by atoms with Crippen molar-refractivity contribution in [2.24, 2.45) is 5.92 Å². The van der Waals surface area contributed by atoms with Crippen molar-refractivity contribution in [3.63, 3.8) is 0 Å². The van der Waals surface area contributed by atoms with Crippen molar-refractivity contribution >= 4 is 5.91 Å². The minimum Gasteiger partial charge on any atom is -0.497 e. The number of carbonyl (C=O) groups is 1. The van der Waals surface area contributed by atoms with Crippen LogP contribution in [-0.4, -0.2) is 26.2 Å². The van der Waals surface area contributed by atoms with E-state index >= 15 is 0 Å². The highest BCUT2D eigenvalue weighted by molar-refractivity contribution is 5.94. The van der Waals surface area contributed by atoms with E-state index in [1.54, 1.807) is 13.2 Å². The Morgan fingerprint density at radius 3 is 2.35 bits per heavy atom. The van der Waals surface area contributed by atoms with Crippen LogP contribution in [0.2, 0.25) is 0 Å². The quantitative estimate of drug-likeness (QED) is 0.735. The third-order valence-corrected chi connectivity index (χ3v) is 3.75. The van der Waals surface area contributed by atoms with Crippen molar-refractivity contribution in [2.75, 3.05) is 20.3 Å². The molecular formula is C21H27NO4. The zero-order valence-electron chi connectivity index (χ0n) is 15.9. The summed E-state index contributed by atoms with van der Waals surface area (Å²) in [5.74, 6) is 2.53. The van der Waals surface area contributed by atoms with Gasteiger partial charge in [0, 0.05) is 17.7 Å². The summed E-state index contributed by atoms with van der Waals surface area (Å²) in [6.07, 6.45) is 0. The number of carbonyl (C=O) groups excluding carboxylic acids is 1. The second-order valence-corrected chi connectivity index (χ2v) is 6.32. The van der Waals surface area contributed by atoms with Crippen LogP contribution < -0.4 is 19.5 Å². The van der Waals surface area contributed by atoms with Gasteiger partial charge in [-0.2, -0.15) is 0 Å². The molecule has 0 saturated carbocycles. The van der Waals surface area contributed by atoms with E-state index in [-0.39, 0.29) is 5.91 Å². The monoisotopic (exact) mass is 357 g/mol. The van der Waals surface area contributed by atoms with Crippen molar-refractivity contribution < 1.29 is 19.0 Å². The van der Waals surface area contributed by atoms with Gasteiger partial charge >= 0.3 is 0 Å². The smallest absolute Gasteiger partial charge is 0.251 e. The molecule has 0 fully saturated rings. The van der Waals surface area contributed by atoms with Crippen molar-refractivity contribution in [3.05, 3.63) is 53.6 Å². The van der Waals surface area contributed by atoms with Crippen LogP contribution in [0.25, 0.3) is 0 Å². The Hall–Kier alpha value is -2.69. The lowest BCUT2D eigenvalue weighted by molar-refractivity contribution is 0.0949. The Bertz CT molecular complexity index is 710. The van der Waals surface area contributed by atoms with Crippen molar-refractivity contribution in [1.29, 1.82) is 0 Å². The predicted octanol–water partition coefficient (Wildman–Crippen LogP) is 4.06. The van der Waals surface area contributed by atoms with E-state index in [4.69, 9.17) is 14.2 Å². The molecule has 0 aromatic heterocycles. The fraction of sp³-hybridized carbons (Fsp3) is 0.381. The molecule has 5 heteroatoms. The molecule has 0 bridgehead atoms. The molecule has 2 aromatic carbocycles. The molecule has 0 radical (unpaired) electrons. The van der Waals surface area contributed by atoms with Gasteiger partial charge in [-0.25, -0.2) is 0 Å². The van der Waals surface area contributed by atoms with Gasteiger partial charge in [-0.05, 0) is 55.3 Å². The number of benzene rings is 2. The average molecular weight is 357 g/mol. The highest BCUT2D eigenvalue weighted by Crippen LogP contribution is 2.24. The first kappa shape index (κ1) is 19.6. The normalized spacial score (nSPS) is 10.5. The summed E-state index contributed by atoms with van der Waals surface area (Å²) in [5, 5.41) is 2.93. The number of methoxy groups -OCH3 is 1. The molecule has 0 heterocycles. The minimum absolute atomic E-state index is 0.0903. The fourth-order valence-electron chi connectivity index (χ4n) is 2.36. The maximum atomic E-state index is 12.3.